The van der Waals surface area contributed by atoms with E-state index in [9.17, 15) is 10.1 Å². The normalized spacial score (nSPS) is 10.2. The van der Waals surface area contributed by atoms with Crippen LogP contribution in [0.3, 0.4) is 0 Å². The van der Waals surface area contributed by atoms with Crippen LogP contribution in [0.1, 0.15) is 5.56 Å². The molecule has 2 aromatic carbocycles. The SMILES string of the molecule is O=[N+]([O-])c1cccc(Br)c1OCc1ccc(Cl)cc1. The summed E-state index contributed by atoms with van der Waals surface area (Å²) in [5.74, 6) is 0.224. The second kappa shape index (κ2) is 6.04. The average Bonchev–Trinajstić information content (AvgIpc) is 2.39. The third-order valence-corrected chi connectivity index (χ3v) is 3.32. The summed E-state index contributed by atoms with van der Waals surface area (Å²) < 4.78 is 6.08. The van der Waals surface area contributed by atoms with Gasteiger partial charge in [-0.15, -0.1) is 0 Å². The molecule has 0 bridgehead atoms. The molecule has 0 heterocycles. The first-order valence-electron chi connectivity index (χ1n) is 5.38. The van der Waals surface area contributed by atoms with Crippen LogP contribution in [0, 0.1) is 10.1 Å². The molecule has 0 amide bonds. The highest BCUT2D eigenvalue weighted by Gasteiger charge is 2.17. The lowest BCUT2D eigenvalue weighted by Gasteiger charge is -2.08. The van der Waals surface area contributed by atoms with Crippen molar-refractivity contribution in [2.45, 2.75) is 6.61 Å². The van der Waals surface area contributed by atoms with E-state index in [0.29, 0.717) is 9.50 Å². The molecule has 0 fully saturated rings. The topological polar surface area (TPSA) is 52.4 Å². The van der Waals surface area contributed by atoms with Crippen molar-refractivity contribution in [1.82, 2.24) is 0 Å². The summed E-state index contributed by atoms with van der Waals surface area (Å²) in [6.45, 7) is 0.237. The number of halogens is 2. The fourth-order valence-corrected chi connectivity index (χ4v) is 2.12. The van der Waals surface area contributed by atoms with Crippen molar-refractivity contribution >= 4 is 33.2 Å². The van der Waals surface area contributed by atoms with E-state index in [2.05, 4.69) is 15.9 Å². The Morgan fingerprint density at radius 1 is 1.21 bits per heavy atom. The smallest absolute Gasteiger partial charge is 0.312 e. The van der Waals surface area contributed by atoms with Crippen molar-refractivity contribution in [3.05, 3.63) is 67.6 Å². The van der Waals surface area contributed by atoms with Gasteiger partial charge in [-0.05, 0) is 39.7 Å². The minimum absolute atomic E-state index is 0.0664. The number of nitro groups is 1. The lowest BCUT2D eigenvalue weighted by atomic mass is 10.2. The molecule has 2 aromatic rings. The molecule has 0 aliphatic carbocycles. The first-order valence-corrected chi connectivity index (χ1v) is 6.55. The molecule has 0 saturated carbocycles. The number of para-hydroxylation sites is 1. The van der Waals surface area contributed by atoms with Gasteiger partial charge in [-0.3, -0.25) is 10.1 Å². The molecule has 0 saturated heterocycles. The van der Waals surface area contributed by atoms with Crippen molar-refractivity contribution in [2.24, 2.45) is 0 Å². The summed E-state index contributed by atoms with van der Waals surface area (Å²) in [5.41, 5.74) is 0.817. The Morgan fingerprint density at radius 3 is 2.53 bits per heavy atom. The molecule has 0 unspecified atom stereocenters. The molecule has 0 aromatic heterocycles. The number of rotatable bonds is 4. The van der Waals surface area contributed by atoms with Gasteiger partial charge in [0.2, 0.25) is 5.75 Å². The Kier molecular flexibility index (Phi) is 4.39. The lowest BCUT2D eigenvalue weighted by Crippen LogP contribution is -1.99. The molecule has 0 atom stereocenters. The van der Waals surface area contributed by atoms with E-state index in [0.717, 1.165) is 5.56 Å². The fraction of sp³-hybridized carbons (Fsp3) is 0.0769. The largest absolute Gasteiger partial charge is 0.481 e. The molecule has 0 aliphatic heterocycles. The van der Waals surface area contributed by atoms with Crippen LogP contribution in [-0.4, -0.2) is 4.92 Å². The second-order valence-electron chi connectivity index (χ2n) is 3.76. The van der Waals surface area contributed by atoms with Gasteiger partial charge < -0.3 is 4.74 Å². The van der Waals surface area contributed by atoms with Gasteiger partial charge in [0.25, 0.3) is 0 Å². The summed E-state index contributed by atoms with van der Waals surface area (Å²) in [5, 5.41) is 11.6. The zero-order chi connectivity index (χ0) is 13.8. The molecule has 2 rings (SSSR count). The summed E-state index contributed by atoms with van der Waals surface area (Å²) >= 11 is 9.03. The van der Waals surface area contributed by atoms with E-state index in [1.54, 1.807) is 24.3 Å². The Bertz CT molecular complexity index is 601. The predicted molar refractivity (Wildman–Crippen MR) is 76.6 cm³/mol. The number of nitrogens with zero attached hydrogens (tertiary/aromatic N) is 1. The fourth-order valence-electron chi connectivity index (χ4n) is 1.52. The van der Waals surface area contributed by atoms with E-state index in [4.69, 9.17) is 16.3 Å². The number of benzene rings is 2. The van der Waals surface area contributed by atoms with Crippen LogP contribution in [-0.2, 0) is 6.61 Å². The third-order valence-electron chi connectivity index (χ3n) is 2.44. The van der Waals surface area contributed by atoms with Gasteiger partial charge >= 0.3 is 5.69 Å². The summed E-state index contributed by atoms with van der Waals surface area (Å²) in [6, 6.07) is 11.8. The maximum Gasteiger partial charge on any atom is 0.312 e. The van der Waals surface area contributed by atoms with E-state index >= 15 is 0 Å². The van der Waals surface area contributed by atoms with E-state index < -0.39 is 4.92 Å². The maximum atomic E-state index is 10.9. The van der Waals surface area contributed by atoms with E-state index in [1.165, 1.54) is 6.07 Å². The van der Waals surface area contributed by atoms with Crippen LogP contribution in [0.15, 0.2) is 46.9 Å². The molecule has 6 heteroatoms. The van der Waals surface area contributed by atoms with Gasteiger partial charge in [0, 0.05) is 11.1 Å². The van der Waals surface area contributed by atoms with Gasteiger partial charge in [-0.2, -0.15) is 0 Å². The molecule has 19 heavy (non-hydrogen) atoms. The first-order chi connectivity index (χ1) is 9.08. The Morgan fingerprint density at radius 2 is 1.89 bits per heavy atom. The number of hydrogen-bond donors (Lipinski definition) is 0. The van der Waals surface area contributed by atoms with Crippen LogP contribution in [0.4, 0.5) is 5.69 Å². The highest BCUT2D eigenvalue weighted by atomic mass is 79.9. The first kappa shape index (κ1) is 13.8. The van der Waals surface area contributed by atoms with Crippen LogP contribution in [0.2, 0.25) is 5.02 Å². The zero-order valence-electron chi connectivity index (χ0n) is 9.68. The van der Waals surface area contributed by atoms with Crippen LogP contribution in [0.25, 0.3) is 0 Å². The van der Waals surface area contributed by atoms with Crippen molar-refractivity contribution in [2.75, 3.05) is 0 Å². The van der Waals surface area contributed by atoms with Crippen molar-refractivity contribution < 1.29 is 9.66 Å². The molecule has 0 radical (unpaired) electrons. The Labute approximate surface area is 123 Å². The van der Waals surface area contributed by atoms with Gasteiger partial charge in [0.05, 0.1) is 9.40 Å². The van der Waals surface area contributed by atoms with Crippen LogP contribution >= 0.6 is 27.5 Å². The van der Waals surface area contributed by atoms with Crippen LogP contribution in [0.5, 0.6) is 5.75 Å². The highest BCUT2D eigenvalue weighted by molar-refractivity contribution is 9.10. The summed E-state index contributed by atoms with van der Waals surface area (Å²) in [7, 11) is 0. The van der Waals surface area contributed by atoms with Crippen molar-refractivity contribution in [3.8, 4) is 5.75 Å². The molecular weight excluding hydrogens is 334 g/mol. The maximum absolute atomic E-state index is 10.9. The summed E-state index contributed by atoms with van der Waals surface area (Å²) in [6.07, 6.45) is 0. The Balaban J connectivity index is 2.19. The van der Waals surface area contributed by atoms with Crippen molar-refractivity contribution in [3.63, 3.8) is 0 Å². The number of ether oxygens (including phenoxy) is 1. The number of nitro benzene ring substituents is 1. The molecule has 0 aliphatic rings. The predicted octanol–water partition coefficient (Wildman–Crippen LogP) is 4.59. The van der Waals surface area contributed by atoms with Gasteiger partial charge in [0.15, 0.2) is 0 Å². The monoisotopic (exact) mass is 341 g/mol. The third kappa shape index (κ3) is 3.45. The van der Waals surface area contributed by atoms with Crippen LogP contribution < -0.4 is 4.74 Å². The quantitative estimate of drug-likeness (QED) is 0.603. The van der Waals surface area contributed by atoms with Gasteiger partial charge in [-0.1, -0.05) is 29.8 Å². The van der Waals surface area contributed by atoms with Gasteiger partial charge in [0.1, 0.15) is 6.61 Å². The average molecular weight is 343 g/mol. The minimum Gasteiger partial charge on any atom is -0.481 e. The molecule has 0 spiro atoms. The van der Waals surface area contributed by atoms with E-state index in [1.807, 2.05) is 12.1 Å². The standard InChI is InChI=1S/C13H9BrClNO3/c14-11-2-1-3-12(16(17)18)13(11)19-8-9-4-6-10(15)7-5-9/h1-7H,8H2. The zero-order valence-corrected chi connectivity index (χ0v) is 12.0. The minimum atomic E-state index is -0.470. The van der Waals surface area contributed by atoms with Gasteiger partial charge in [-0.25, -0.2) is 0 Å². The van der Waals surface area contributed by atoms with E-state index in [-0.39, 0.29) is 18.0 Å². The van der Waals surface area contributed by atoms with Crippen molar-refractivity contribution in [1.29, 1.82) is 0 Å². The Hall–Kier alpha value is -1.59. The number of hydrogen-bond acceptors (Lipinski definition) is 3. The molecule has 98 valence electrons. The lowest BCUT2D eigenvalue weighted by molar-refractivity contribution is -0.386. The molecule has 4 nitrogen and oxygen atoms in total. The second-order valence-corrected chi connectivity index (χ2v) is 5.05. The highest BCUT2D eigenvalue weighted by Crippen LogP contribution is 2.35. The molecular formula is C13H9BrClNO3. The molecule has 0 N–H and O–H groups in total. The summed E-state index contributed by atoms with van der Waals surface area (Å²) in [4.78, 5) is 10.4.